The standard InChI is InChI=1S/3C7H12O2.Rh/c3*1-3-4-7(9)5-6(2)8;/h3*3-5H2,1-2H3;. The Hall–Kier alpha value is -1.36. The number of rotatable bonds is 12. The molecule has 0 spiro atoms. The molecule has 0 atom stereocenters. The number of ketones is 6. The van der Waals surface area contributed by atoms with E-state index in [4.69, 9.17) is 0 Å². The van der Waals surface area contributed by atoms with Gasteiger partial charge in [-0.2, -0.15) is 0 Å². The van der Waals surface area contributed by atoms with Crippen molar-refractivity contribution >= 4 is 34.7 Å². The molecular formula is C21H36O6Rh. The fourth-order valence-electron chi connectivity index (χ4n) is 1.93. The van der Waals surface area contributed by atoms with Gasteiger partial charge in [0.05, 0.1) is 19.3 Å². The molecule has 0 saturated carbocycles. The van der Waals surface area contributed by atoms with E-state index in [0.29, 0.717) is 19.3 Å². The molecule has 0 aromatic heterocycles. The molecule has 0 bridgehead atoms. The van der Waals surface area contributed by atoms with Crippen LogP contribution in [0, 0.1) is 0 Å². The van der Waals surface area contributed by atoms with Crippen molar-refractivity contribution in [2.24, 2.45) is 0 Å². The van der Waals surface area contributed by atoms with Gasteiger partial charge in [0, 0.05) is 38.7 Å². The van der Waals surface area contributed by atoms with E-state index in [1.54, 1.807) is 0 Å². The molecule has 0 amide bonds. The first kappa shape index (κ1) is 34.2. The summed E-state index contributed by atoms with van der Waals surface area (Å²) in [5.41, 5.74) is 0. The zero-order valence-electron chi connectivity index (χ0n) is 18.1. The first-order valence-electron chi connectivity index (χ1n) is 9.53. The minimum Gasteiger partial charge on any atom is -0.300 e. The zero-order chi connectivity index (χ0) is 21.8. The zero-order valence-corrected chi connectivity index (χ0v) is 19.8. The number of Topliss-reactive ketones (excluding diaryl/α,β-unsaturated/α-hetero) is 6. The maximum absolute atomic E-state index is 10.6. The van der Waals surface area contributed by atoms with Crippen molar-refractivity contribution in [3.8, 4) is 0 Å². The summed E-state index contributed by atoms with van der Waals surface area (Å²) in [5.74, 6) is 0.0790. The average Bonchev–Trinajstić information content (AvgIpc) is 2.46. The summed E-state index contributed by atoms with van der Waals surface area (Å²) in [5, 5.41) is 0. The molecular weight excluding hydrogens is 451 g/mol. The van der Waals surface area contributed by atoms with Gasteiger partial charge in [-0.1, -0.05) is 20.8 Å². The normalized spacial score (nSPS) is 8.79. The Labute approximate surface area is 182 Å². The van der Waals surface area contributed by atoms with Crippen LogP contribution in [0.1, 0.15) is 99.3 Å². The van der Waals surface area contributed by atoms with Crippen LogP contribution < -0.4 is 0 Å². The maximum atomic E-state index is 10.6. The van der Waals surface area contributed by atoms with Crippen LogP contribution >= 0.6 is 0 Å². The summed E-state index contributed by atoms with van der Waals surface area (Å²) < 4.78 is 0. The molecule has 1 radical (unpaired) electrons. The Kier molecular flexibility index (Phi) is 28.9. The molecule has 7 heteroatoms. The minimum absolute atomic E-state index is 0. The SMILES string of the molecule is CCCC(=O)CC(C)=O.CCCC(=O)CC(C)=O.CCCC(=O)CC(C)=O.[Rh]. The Morgan fingerprint density at radius 1 is 0.464 bits per heavy atom. The van der Waals surface area contributed by atoms with E-state index in [9.17, 15) is 28.8 Å². The Bertz CT molecular complexity index is 426. The molecule has 0 heterocycles. The van der Waals surface area contributed by atoms with Crippen molar-refractivity contribution in [1.82, 2.24) is 0 Å². The van der Waals surface area contributed by atoms with Gasteiger partial charge in [-0.25, -0.2) is 0 Å². The van der Waals surface area contributed by atoms with Crippen molar-refractivity contribution in [1.29, 1.82) is 0 Å². The van der Waals surface area contributed by atoms with E-state index in [0.717, 1.165) is 19.3 Å². The van der Waals surface area contributed by atoms with E-state index in [2.05, 4.69) is 0 Å². The monoisotopic (exact) mass is 487 g/mol. The molecule has 0 aliphatic rings. The van der Waals surface area contributed by atoms with Gasteiger partial charge in [0.25, 0.3) is 0 Å². The van der Waals surface area contributed by atoms with Crippen molar-refractivity contribution in [2.75, 3.05) is 0 Å². The third kappa shape index (κ3) is 35.7. The van der Waals surface area contributed by atoms with Crippen LogP contribution in [0.25, 0.3) is 0 Å². The molecule has 165 valence electrons. The molecule has 0 aromatic carbocycles. The number of hydrogen-bond donors (Lipinski definition) is 0. The van der Waals surface area contributed by atoms with Gasteiger partial charge < -0.3 is 0 Å². The third-order valence-electron chi connectivity index (χ3n) is 2.92. The van der Waals surface area contributed by atoms with Crippen LogP contribution in [0.2, 0.25) is 0 Å². The van der Waals surface area contributed by atoms with E-state index >= 15 is 0 Å². The second-order valence-corrected chi connectivity index (χ2v) is 6.50. The smallest absolute Gasteiger partial charge is 0.140 e. The van der Waals surface area contributed by atoms with Crippen molar-refractivity contribution < 1.29 is 48.2 Å². The minimum atomic E-state index is -0.0338. The summed E-state index contributed by atoms with van der Waals surface area (Å²) in [6, 6.07) is 0. The molecule has 0 N–H and O–H groups in total. The van der Waals surface area contributed by atoms with Crippen molar-refractivity contribution in [3.63, 3.8) is 0 Å². The molecule has 0 fully saturated rings. The predicted molar refractivity (Wildman–Crippen MR) is 106 cm³/mol. The molecule has 0 saturated heterocycles. The molecule has 28 heavy (non-hydrogen) atoms. The molecule has 0 aromatic rings. The van der Waals surface area contributed by atoms with Gasteiger partial charge >= 0.3 is 0 Å². The van der Waals surface area contributed by atoms with Gasteiger partial charge in [0.2, 0.25) is 0 Å². The molecule has 0 aliphatic heterocycles. The predicted octanol–water partition coefficient (Wildman–Crippen LogP) is 4.00. The molecule has 0 unspecified atom stereocenters. The first-order chi connectivity index (χ1) is 12.5. The topological polar surface area (TPSA) is 102 Å². The van der Waals surface area contributed by atoms with E-state index in [1.807, 2.05) is 20.8 Å². The third-order valence-corrected chi connectivity index (χ3v) is 2.92. The van der Waals surface area contributed by atoms with Crippen LogP contribution in [0.5, 0.6) is 0 Å². The number of carbonyl (C=O) groups is 6. The van der Waals surface area contributed by atoms with Gasteiger partial charge in [-0.15, -0.1) is 0 Å². The van der Waals surface area contributed by atoms with Crippen LogP contribution in [0.3, 0.4) is 0 Å². The van der Waals surface area contributed by atoms with E-state index in [1.165, 1.54) is 20.8 Å². The van der Waals surface area contributed by atoms with E-state index in [-0.39, 0.29) is 73.4 Å². The van der Waals surface area contributed by atoms with Crippen LogP contribution in [-0.2, 0) is 48.2 Å². The van der Waals surface area contributed by atoms with Gasteiger partial charge in [-0.05, 0) is 40.0 Å². The van der Waals surface area contributed by atoms with Gasteiger partial charge in [0.15, 0.2) is 0 Å². The second-order valence-electron chi connectivity index (χ2n) is 6.50. The summed E-state index contributed by atoms with van der Waals surface area (Å²) in [4.78, 5) is 62.8. The Morgan fingerprint density at radius 2 is 0.643 bits per heavy atom. The Balaban J connectivity index is -0.000000152. The number of hydrogen-bond acceptors (Lipinski definition) is 6. The summed E-state index contributed by atoms with van der Waals surface area (Å²) >= 11 is 0. The first-order valence-corrected chi connectivity index (χ1v) is 9.53. The fourth-order valence-corrected chi connectivity index (χ4v) is 1.93. The van der Waals surface area contributed by atoms with Gasteiger partial charge in [-0.3, -0.25) is 28.8 Å². The van der Waals surface area contributed by atoms with Crippen LogP contribution in [0.4, 0.5) is 0 Å². The second kappa shape index (κ2) is 23.7. The summed E-state index contributed by atoms with van der Waals surface area (Å²) in [6.07, 6.45) is 4.50. The largest absolute Gasteiger partial charge is 0.300 e. The maximum Gasteiger partial charge on any atom is 0.140 e. The van der Waals surface area contributed by atoms with E-state index < -0.39 is 0 Å². The van der Waals surface area contributed by atoms with Gasteiger partial charge in [0.1, 0.15) is 34.7 Å². The number of carbonyl (C=O) groups excluding carboxylic acids is 6. The average molecular weight is 487 g/mol. The molecule has 0 rings (SSSR count). The Morgan fingerprint density at radius 3 is 0.750 bits per heavy atom. The van der Waals surface area contributed by atoms with Crippen LogP contribution in [-0.4, -0.2) is 34.7 Å². The molecule has 6 nitrogen and oxygen atoms in total. The molecule has 0 aliphatic carbocycles. The summed E-state index contributed by atoms with van der Waals surface area (Å²) in [7, 11) is 0. The fraction of sp³-hybridized carbons (Fsp3) is 0.714. The van der Waals surface area contributed by atoms with Crippen molar-refractivity contribution in [3.05, 3.63) is 0 Å². The summed E-state index contributed by atoms with van der Waals surface area (Å²) in [6.45, 7) is 10.1. The quantitative estimate of drug-likeness (QED) is 0.305. The van der Waals surface area contributed by atoms with Crippen molar-refractivity contribution in [2.45, 2.75) is 99.3 Å². The van der Waals surface area contributed by atoms with Crippen LogP contribution in [0.15, 0.2) is 0 Å².